The van der Waals surface area contributed by atoms with Gasteiger partial charge < -0.3 is 15.1 Å². The molecule has 1 aliphatic rings. The molecule has 9 heteroatoms. The van der Waals surface area contributed by atoms with Crippen LogP contribution in [0.3, 0.4) is 0 Å². The number of phenols is 1. The Labute approximate surface area is 216 Å². The summed E-state index contributed by atoms with van der Waals surface area (Å²) in [6.07, 6.45) is 2.31. The number of amides is 1. The highest BCUT2D eigenvalue weighted by atomic mass is 32.2. The molecule has 3 atom stereocenters. The fourth-order valence-electron chi connectivity index (χ4n) is 4.23. The molecule has 7 nitrogen and oxygen atoms in total. The van der Waals surface area contributed by atoms with Crippen molar-refractivity contribution in [2.75, 3.05) is 10.7 Å². The van der Waals surface area contributed by atoms with Crippen molar-refractivity contribution in [1.29, 1.82) is 5.26 Å². The van der Waals surface area contributed by atoms with E-state index < -0.39 is 11.4 Å². The summed E-state index contributed by atoms with van der Waals surface area (Å²) in [5.41, 5.74) is 3.74. The van der Waals surface area contributed by atoms with Crippen LogP contribution in [0.1, 0.15) is 29.1 Å². The minimum Gasteiger partial charge on any atom is -0.508 e. The van der Waals surface area contributed by atoms with E-state index in [9.17, 15) is 19.4 Å². The molecule has 37 heavy (non-hydrogen) atoms. The second-order valence-electron chi connectivity index (χ2n) is 8.52. The number of β-lactam (4-membered cyclic amide) rings is 1. The Morgan fingerprint density at radius 1 is 0.973 bits per heavy atom. The van der Waals surface area contributed by atoms with Crippen LogP contribution in [0.15, 0.2) is 85.2 Å². The van der Waals surface area contributed by atoms with Crippen molar-refractivity contribution in [3.05, 3.63) is 108 Å². The van der Waals surface area contributed by atoms with Gasteiger partial charge in [-0.05, 0) is 53.1 Å². The minimum absolute atomic E-state index is 0.0937. The number of hydrogen-bond donors (Lipinski definition) is 2. The Kier molecular flexibility index (Phi) is 6.86. The van der Waals surface area contributed by atoms with Gasteiger partial charge in [-0.3, -0.25) is 4.79 Å². The monoisotopic (exact) mass is 512 g/mol. The number of aliphatic hydroxyl groups is 1. The Hall–Kier alpha value is -4.26. The van der Waals surface area contributed by atoms with Crippen LogP contribution in [0.4, 0.5) is 10.1 Å². The molecule has 1 aliphatic heterocycles. The molecule has 184 valence electrons. The molecule has 2 N–H and O–H groups in total. The number of nitrogens with zero attached hydrogens (tertiary/aromatic N) is 4. The van der Waals surface area contributed by atoms with Gasteiger partial charge in [0.15, 0.2) is 0 Å². The van der Waals surface area contributed by atoms with Gasteiger partial charge in [-0.1, -0.05) is 36.4 Å². The summed E-state index contributed by atoms with van der Waals surface area (Å²) in [7, 11) is 0. The van der Waals surface area contributed by atoms with Crippen LogP contribution in [0, 0.1) is 17.1 Å². The van der Waals surface area contributed by atoms with Gasteiger partial charge in [0, 0.05) is 29.4 Å². The van der Waals surface area contributed by atoms with Crippen LogP contribution in [-0.4, -0.2) is 37.1 Å². The van der Waals surface area contributed by atoms with Crippen LogP contribution >= 0.6 is 11.8 Å². The molecule has 4 aromatic rings. The molecule has 0 aliphatic carbocycles. The van der Waals surface area contributed by atoms with Crippen LogP contribution in [-0.2, 0) is 4.79 Å². The number of aromatic hydroxyl groups is 1. The number of rotatable bonds is 7. The summed E-state index contributed by atoms with van der Waals surface area (Å²) in [5.74, 6) is 0.0202. The highest BCUT2D eigenvalue weighted by Gasteiger charge is 2.49. The number of phenolic OH excluding ortho intramolecular Hbond substituents is 1. The first-order valence-electron chi connectivity index (χ1n) is 11.4. The topological polar surface area (TPSA) is 110 Å². The molecule has 0 radical (unpaired) electrons. The lowest BCUT2D eigenvalue weighted by Gasteiger charge is -2.47. The summed E-state index contributed by atoms with van der Waals surface area (Å²) < 4.78 is 13.2. The largest absolute Gasteiger partial charge is 0.508 e. The Morgan fingerprint density at radius 2 is 1.62 bits per heavy atom. The van der Waals surface area contributed by atoms with E-state index in [-0.39, 0.29) is 35.1 Å². The molecular formula is C28H21FN4O3S. The van der Waals surface area contributed by atoms with Gasteiger partial charge in [-0.25, -0.2) is 14.4 Å². The van der Waals surface area contributed by atoms with Gasteiger partial charge in [0.05, 0.1) is 12.1 Å². The van der Waals surface area contributed by atoms with Crippen molar-refractivity contribution < 1.29 is 19.4 Å². The summed E-state index contributed by atoms with van der Waals surface area (Å²) in [6.45, 7) is 0. The molecule has 1 amide bonds. The third-order valence-corrected chi connectivity index (χ3v) is 7.53. The van der Waals surface area contributed by atoms with Gasteiger partial charge in [0.1, 0.15) is 22.9 Å². The Balaban J connectivity index is 1.36. The normalized spacial score (nSPS) is 17.6. The standard InChI is InChI=1S/C28H21FN4O3S/c29-21-7-1-18(2-8-21)24(35)16-37-27-26(19-5-11-23(34)12-6-19)33(28(27)36)22-9-3-17(4-10-22)20-14-31-25(13-30)32-15-20/h1-12,14-15,24,26-27,34-35H,16H2/t24-,26+,27+/m0/s1. The molecule has 0 unspecified atom stereocenters. The number of anilines is 1. The third kappa shape index (κ3) is 5.03. The van der Waals surface area contributed by atoms with Crippen molar-refractivity contribution >= 4 is 23.4 Å². The van der Waals surface area contributed by atoms with Crippen molar-refractivity contribution in [2.45, 2.75) is 17.4 Å². The number of aromatic nitrogens is 2. The highest BCUT2D eigenvalue weighted by molar-refractivity contribution is 8.00. The van der Waals surface area contributed by atoms with E-state index in [1.165, 1.54) is 36.0 Å². The highest BCUT2D eigenvalue weighted by Crippen LogP contribution is 2.46. The number of benzene rings is 3. The molecule has 1 saturated heterocycles. The van der Waals surface area contributed by atoms with Crippen LogP contribution in [0.25, 0.3) is 11.1 Å². The number of thioether (sulfide) groups is 1. The predicted octanol–water partition coefficient (Wildman–Crippen LogP) is 4.78. The average Bonchev–Trinajstić information content (AvgIpc) is 2.93. The molecule has 0 bridgehead atoms. The van der Waals surface area contributed by atoms with Crippen LogP contribution in [0.5, 0.6) is 5.75 Å². The van der Waals surface area contributed by atoms with Crippen molar-refractivity contribution in [1.82, 2.24) is 9.97 Å². The maximum Gasteiger partial charge on any atom is 0.243 e. The lowest BCUT2D eigenvalue weighted by Crippen LogP contribution is -2.57. The van der Waals surface area contributed by atoms with E-state index in [1.807, 2.05) is 30.3 Å². The van der Waals surface area contributed by atoms with E-state index in [0.29, 0.717) is 11.3 Å². The first kappa shape index (κ1) is 24.4. The molecular weight excluding hydrogens is 491 g/mol. The summed E-state index contributed by atoms with van der Waals surface area (Å²) in [4.78, 5) is 23.0. The van der Waals surface area contributed by atoms with Crippen molar-refractivity contribution in [2.24, 2.45) is 0 Å². The number of halogens is 1. The lowest BCUT2D eigenvalue weighted by molar-refractivity contribution is -0.123. The Bertz CT molecular complexity index is 1440. The van der Waals surface area contributed by atoms with E-state index >= 15 is 0 Å². The molecule has 2 heterocycles. The van der Waals surface area contributed by atoms with Gasteiger partial charge >= 0.3 is 0 Å². The first-order chi connectivity index (χ1) is 17.9. The average molecular weight is 513 g/mol. The fraction of sp³-hybridized carbons (Fsp3) is 0.143. The lowest BCUT2D eigenvalue weighted by atomic mass is 9.92. The zero-order valence-electron chi connectivity index (χ0n) is 19.4. The second-order valence-corrected chi connectivity index (χ2v) is 9.69. The zero-order chi connectivity index (χ0) is 25.9. The van der Waals surface area contributed by atoms with E-state index in [2.05, 4.69) is 9.97 Å². The number of hydrogen-bond acceptors (Lipinski definition) is 7. The molecule has 1 fully saturated rings. The van der Waals surface area contributed by atoms with Crippen molar-refractivity contribution in [3.63, 3.8) is 0 Å². The molecule has 3 aromatic carbocycles. The molecule has 1 aromatic heterocycles. The molecule has 5 rings (SSSR count). The maximum absolute atomic E-state index is 13.3. The maximum atomic E-state index is 13.3. The predicted molar refractivity (Wildman–Crippen MR) is 138 cm³/mol. The van der Waals surface area contributed by atoms with Gasteiger partial charge in [-0.15, -0.1) is 11.8 Å². The summed E-state index contributed by atoms with van der Waals surface area (Å²) >= 11 is 1.35. The number of aliphatic hydroxyl groups excluding tert-OH is 1. The second kappa shape index (κ2) is 10.4. The van der Waals surface area contributed by atoms with E-state index in [0.717, 1.165) is 16.7 Å². The van der Waals surface area contributed by atoms with Crippen molar-refractivity contribution in [3.8, 4) is 22.9 Å². The molecule has 0 saturated carbocycles. The third-order valence-electron chi connectivity index (χ3n) is 6.20. The smallest absolute Gasteiger partial charge is 0.243 e. The van der Waals surface area contributed by atoms with Crippen LogP contribution < -0.4 is 4.90 Å². The molecule has 0 spiro atoms. The number of nitriles is 1. The first-order valence-corrected chi connectivity index (χ1v) is 12.5. The van der Waals surface area contributed by atoms with Gasteiger partial charge in [0.2, 0.25) is 11.7 Å². The Morgan fingerprint density at radius 3 is 2.24 bits per heavy atom. The quantitative estimate of drug-likeness (QED) is 0.343. The summed E-state index contributed by atoms with van der Waals surface area (Å²) in [5, 5.41) is 28.8. The fourth-order valence-corrected chi connectivity index (χ4v) is 5.53. The summed E-state index contributed by atoms with van der Waals surface area (Å²) in [6, 6.07) is 21.4. The number of carbonyl (C=O) groups is 1. The zero-order valence-corrected chi connectivity index (χ0v) is 20.2. The number of carbonyl (C=O) groups excluding carboxylic acids is 1. The van der Waals surface area contributed by atoms with Gasteiger partial charge in [-0.2, -0.15) is 5.26 Å². The minimum atomic E-state index is -0.846. The van der Waals surface area contributed by atoms with Crippen LogP contribution in [0.2, 0.25) is 0 Å². The SMILES string of the molecule is N#Cc1ncc(-c2ccc(N3C(=O)[C@H](SC[C@H](O)c4ccc(F)cc4)[C@H]3c3ccc(O)cc3)cc2)cn1. The van der Waals surface area contributed by atoms with E-state index in [4.69, 9.17) is 5.26 Å². The van der Waals surface area contributed by atoms with E-state index in [1.54, 1.807) is 41.6 Å². The van der Waals surface area contributed by atoms with Gasteiger partial charge in [0.25, 0.3) is 0 Å².